The first kappa shape index (κ1) is 16.4. The van der Waals surface area contributed by atoms with Gasteiger partial charge in [-0.05, 0) is 6.07 Å². The smallest absolute Gasteiger partial charge is 0.270 e. The molecule has 0 saturated carbocycles. The van der Waals surface area contributed by atoms with Crippen molar-refractivity contribution in [3.63, 3.8) is 0 Å². The number of nitro benzene ring substituents is 1. The molecular weight excluding hydrogens is 214 g/mol. The predicted octanol–water partition coefficient (Wildman–Crippen LogP) is 4.21. The average Bonchev–Trinajstić information content (AvgIpc) is 2.34. The first-order chi connectivity index (χ1) is 7.24. The number of nitrogens with zero attached hydrogens (tertiary/aromatic N) is 1. The minimum Gasteiger partial charge on any atom is -0.325 e. The average molecular weight is 231 g/mol. The molecule has 0 atom stereocenters. The molecule has 4 nitrogen and oxygen atoms in total. The Morgan fingerprint density at radius 1 is 1.27 bits per heavy atom. The topological polar surface area (TPSA) is 63.4 Å². The molecule has 0 radical (unpaired) electrons. The van der Waals surface area contributed by atoms with Crippen LogP contribution in [0.2, 0.25) is 0 Å². The number of rotatable bonds is 2. The van der Waals surface area contributed by atoms with Crippen molar-refractivity contribution < 1.29 is 9.48 Å². The highest BCUT2D eigenvalue weighted by Gasteiger charge is 2.04. The van der Waals surface area contributed by atoms with Crippen LogP contribution in [0.1, 0.15) is 27.7 Å². The van der Waals surface area contributed by atoms with Crippen molar-refractivity contribution in [3.8, 4) is 0 Å². The van der Waals surface area contributed by atoms with Crippen molar-refractivity contribution in [2.24, 2.45) is 0 Å². The SMILES string of the molecule is CC.CC.O=[N+]([O-])c1cccc(SO)c1. The fraction of sp³-hybridized carbons (Fsp3) is 0.400. The Hall–Kier alpha value is -1.07. The first-order valence-electron chi connectivity index (χ1n) is 4.80. The highest BCUT2D eigenvalue weighted by atomic mass is 32.2. The van der Waals surface area contributed by atoms with Crippen LogP contribution in [0.5, 0.6) is 0 Å². The molecule has 0 aromatic heterocycles. The normalized spacial score (nSPS) is 7.80. The Morgan fingerprint density at radius 2 is 1.80 bits per heavy atom. The number of non-ortho nitro benzene ring substituents is 1. The van der Waals surface area contributed by atoms with Crippen LogP contribution in [0.25, 0.3) is 0 Å². The third-order valence-corrected chi connectivity index (χ3v) is 1.60. The fourth-order valence-corrected chi connectivity index (χ4v) is 0.967. The molecule has 0 amide bonds. The largest absolute Gasteiger partial charge is 0.325 e. The van der Waals surface area contributed by atoms with E-state index in [4.69, 9.17) is 4.55 Å². The lowest BCUT2D eigenvalue weighted by Crippen LogP contribution is -1.86. The van der Waals surface area contributed by atoms with Gasteiger partial charge >= 0.3 is 0 Å². The standard InChI is InChI=1S/C6H5NO3S.2C2H6/c8-7(9)5-2-1-3-6(4-5)11-10;2*1-2/h1-4,10H;2*1-2H3. The van der Waals surface area contributed by atoms with E-state index >= 15 is 0 Å². The number of hydrogen-bond donors (Lipinski definition) is 1. The molecule has 86 valence electrons. The maximum atomic E-state index is 10.2. The van der Waals surface area contributed by atoms with Crippen molar-refractivity contribution in [1.82, 2.24) is 0 Å². The van der Waals surface area contributed by atoms with E-state index in [1.165, 1.54) is 18.2 Å². The van der Waals surface area contributed by atoms with Gasteiger partial charge in [0.05, 0.1) is 4.92 Å². The molecule has 0 aliphatic carbocycles. The summed E-state index contributed by atoms with van der Waals surface area (Å²) in [5.41, 5.74) is -0.0101. The Morgan fingerprint density at radius 3 is 2.20 bits per heavy atom. The van der Waals surface area contributed by atoms with E-state index in [1.807, 2.05) is 27.7 Å². The van der Waals surface area contributed by atoms with E-state index < -0.39 is 4.92 Å². The van der Waals surface area contributed by atoms with Gasteiger partial charge in [0.1, 0.15) is 0 Å². The van der Waals surface area contributed by atoms with Crippen LogP contribution in [0.4, 0.5) is 5.69 Å². The molecule has 0 spiro atoms. The summed E-state index contributed by atoms with van der Waals surface area (Å²) >= 11 is 0.496. The molecule has 1 aromatic rings. The van der Waals surface area contributed by atoms with Gasteiger partial charge in [-0.2, -0.15) is 0 Å². The lowest BCUT2D eigenvalue weighted by atomic mass is 10.3. The van der Waals surface area contributed by atoms with Gasteiger partial charge in [-0.1, -0.05) is 33.8 Å². The van der Waals surface area contributed by atoms with E-state index in [9.17, 15) is 10.1 Å². The third kappa shape index (κ3) is 6.93. The minimum absolute atomic E-state index is 0.0101. The maximum Gasteiger partial charge on any atom is 0.270 e. The molecule has 0 fully saturated rings. The summed E-state index contributed by atoms with van der Waals surface area (Å²) < 4.78 is 8.54. The van der Waals surface area contributed by atoms with Gasteiger partial charge in [0.15, 0.2) is 0 Å². The maximum absolute atomic E-state index is 10.2. The van der Waals surface area contributed by atoms with Crippen LogP contribution in [0, 0.1) is 10.1 Å². The van der Waals surface area contributed by atoms with Crippen LogP contribution in [-0.2, 0) is 0 Å². The molecule has 5 heteroatoms. The van der Waals surface area contributed by atoms with Crippen LogP contribution in [0.15, 0.2) is 29.2 Å². The molecule has 0 aliphatic rings. The van der Waals surface area contributed by atoms with Crippen molar-refractivity contribution >= 4 is 17.7 Å². The molecule has 0 unspecified atom stereocenters. The summed E-state index contributed by atoms with van der Waals surface area (Å²) in [4.78, 5) is 10.2. The van der Waals surface area contributed by atoms with Crippen molar-refractivity contribution in [2.75, 3.05) is 0 Å². The first-order valence-corrected chi connectivity index (χ1v) is 5.57. The Bertz CT molecular complexity index is 279. The zero-order valence-corrected chi connectivity index (χ0v) is 10.2. The van der Waals surface area contributed by atoms with Crippen LogP contribution < -0.4 is 0 Å². The van der Waals surface area contributed by atoms with Crippen molar-refractivity contribution in [3.05, 3.63) is 34.4 Å². The van der Waals surface area contributed by atoms with Gasteiger partial charge in [-0.3, -0.25) is 10.1 Å². The lowest BCUT2D eigenvalue weighted by molar-refractivity contribution is -0.385. The summed E-state index contributed by atoms with van der Waals surface area (Å²) in [6.07, 6.45) is 0. The van der Waals surface area contributed by atoms with Crippen molar-refractivity contribution in [1.29, 1.82) is 0 Å². The summed E-state index contributed by atoms with van der Waals surface area (Å²) in [6.45, 7) is 8.00. The van der Waals surface area contributed by atoms with Gasteiger partial charge in [-0.25, -0.2) is 0 Å². The van der Waals surface area contributed by atoms with Crippen molar-refractivity contribution in [2.45, 2.75) is 32.6 Å². The Kier molecular flexibility index (Phi) is 12.0. The molecular formula is C10H17NO3S. The Balaban J connectivity index is 0. The van der Waals surface area contributed by atoms with Gasteiger partial charge in [-0.15, -0.1) is 0 Å². The summed E-state index contributed by atoms with van der Waals surface area (Å²) in [5.74, 6) is 0. The highest BCUT2D eigenvalue weighted by Crippen LogP contribution is 2.19. The zero-order chi connectivity index (χ0) is 12.3. The second-order valence-electron chi connectivity index (χ2n) is 1.85. The second kappa shape index (κ2) is 11.0. The molecule has 1 rings (SSSR count). The van der Waals surface area contributed by atoms with Gasteiger partial charge in [0.2, 0.25) is 0 Å². The minimum atomic E-state index is -0.500. The molecule has 1 N–H and O–H groups in total. The second-order valence-corrected chi connectivity index (χ2v) is 2.50. The van der Waals surface area contributed by atoms with Gasteiger partial charge in [0.25, 0.3) is 5.69 Å². The molecule has 0 bridgehead atoms. The fourth-order valence-electron chi connectivity index (χ4n) is 0.654. The number of benzene rings is 1. The van der Waals surface area contributed by atoms with E-state index in [1.54, 1.807) is 6.07 Å². The summed E-state index contributed by atoms with van der Waals surface area (Å²) in [7, 11) is 0. The Labute approximate surface area is 94.7 Å². The van der Waals surface area contributed by atoms with Crippen LogP contribution in [-0.4, -0.2) is 9.48 Å². The van der Waals surface area contributed by atoms with Crippen LogP contribution in [0.3, 0.4) is 0 Å². The molecule has 15 heavy (non-hydrogen) atoms. The van der Waals surface area contributed by atoms with E-state index in [-0.39, 0.29) is 5.69 Å². The highest BCUT2D eigenvalue weighted by molar-refractivity contribution is 7.93. The van der Waals surface area contributed by atoms with Gasteiger partial charge < -0.3 is 4.55 Å². The number of nitro groups is 1. The molecule has 0 aliphatic heterocycles. The molecule has 0 heterocycles. The zero-order valence-electron chi connectivity index (χ0n) is 9.43. The van der Waals surface area contributed by atoms with Gasteiger partial charge in [0, 0.05) is 29.1 Å². The van der Waals surface area contributed by atoms with E-state index in [2.05, 4.69) is 0 Å². The third-order valence-electron chi connectivity index (χ3n) is 1.13. The van der Waals surface area contributed by atoms with E-state index in [0.717, 1.165) is 0 Å². The van der Waals surface area contributed by atoms with Crippen LogP contribution >= 0.6 is 12.0 Å². The monoisotopic (exact) mass is 231 g/mol. The number of hydrogen-bond acceptors (Lipinski definition) is 4. The summed E-state index contributed by atoms with van der Waals surface area (Å²) in [6, 6.07) is 5.80. The molecule has 1 aromatic carbocycles. The predicted molar refractivity (Wildman–Crippen MR) is 64.3 cm³/mol. The summed E-state index contributed by atoms with van der Waals surface area (Å²) in [5, 5.41) is 10.2. The van der Waals surface area contributed by atoms with E-state index in [0.29, 0.717) is 16.9 Å². The molecule has 0 saturated heterocycles. The quantitative estimate of drug-likeness (QED) is 0.470. The lowest BCUT2D eigenvalue weighted by Gasteiger charge is -1.92.